The molecule has 2 amide bonds. The SMILES string of the molecule is CC(=O)N1C[C@H](C(=O)Nc2cccc(S(=O)(=O)NC3=NCCC3)c2)Oc2ccccc21. The van der Waals surface area contributed by atoms with Crippen molar-refractivity contribution in [3.05, 3.63) is 48.5 Å². The van der Waals surface area contributed by atoms with Gasteiger partial charge in [-0.2, -0.15) is 0 Å². The van der Waals surface area contributed by atoms with Gasteiger partial charge in [0.05, 0.1) is 17.1 Å². The molecule has 2 aromatic carbocycles. The quantitative estimate of drug-likeness (QED) is 0.750. The second-order valence-electron chi connectivity index (χ2n) is 7.26. The summed E-state index contributed by atoms with van der Waals surface area (Å²) in [6, 6.07) is 12.9. The lowest BCUT2D eigenvalue weighted by molar-refractivity contribution is -0.123. The maximum absolute atomic E-state index is 12.8. The minimum Gasteiger partial charge on any atom is -0.476 e. The van der Waals surface area contributed by atoms with Crippen LogP contribution in [0.3, 0.4) is 0 Å². The summed E-state index contributed by atoms with van der Waals surface area (Å²) in [6.07, 6.45) is 0.462. The first-order valence-corrected chi connectivity index (χ1v) is 11.3. The summed E-state index contributed by atoms with van der Waals surface area (Å²) in [7, 11) is -3.80. The third-order valence-electron chi connectivity index (χ3n) is 4.98. The van der Waals surface area contributed by atoms with Gasteiger partial charge < -0.3 is 15.0 Å². The van der Waals surface area contributed by atoms with Gasteiger partial charge in [0.2, 0.25) is 5.91 Å². The van der Waals surface area contributed by atoms with Gasteiger partial charge in [0.15, 0.2) is 6.10 Å². The van der Waals surface area contributed by atoms with E-state index < -0.39 is 22.0 Å². The summed E-state index contributed by atoms with van der Waals surface area (Å²) < 4.78 is 33.5. The summed E-state index contributed by atoms with van der Waals surface area (Å²) in [5, 5.41) is 2.68. The molecule has 2 aromatic rings. The molecule has 0 aromatic heterocycles. The fourth-order valence-electron chi connectivity index (χ4n) is 3.47. The normalized spacial score (nSPS) is 17.9. The van der Waals surface area contributed by atoms with E-state index in [0.29, 0.717) is 35.9 Å². The van der Waals surface area contributed by atoms with Gasteiger partial charge in [-0.1, -0.05) is 18.2 Å². The van der Waals surface area contributed by atoms with Crippen molar-refractivity contribution in [2.75, 3.05) is 23.3 Å². The van der Waals surface area contributed by atoms with Crippen LogP contribution in [0.15, 0.2) is 58.4 Å². The first kappa shape index (κ1) is 20.9. The van der Waals surface area contributed by atoms with Gasteiger partial charge in [0.25, 0.3) is 15.9 Å². The molecule has 0 aliphatic carbocycles. The van der Waals surface area contributed by atoms with E-state index in [-0.39, 0.29) is 17.3 Å². The Bertz CT molecular complexity index is 1160. The van der Waals surface area contributed by atoms with Crippen LogP contribution >= 0.6 is 0 Å². The molecule has 0 spiro atoms. The number of nitrogens with zero attached hydrogens (tertiary/aromatic N) is 2. The molecule has 0 saturated heterocycles. The van der Waals surface area contributed by atoms with E-state index in [1.54, 1.807) is 36.4 Å². The molecular formula is C21H22N4O5S. The van der Waals surface area contributed by atoms with Crippen molar-refractivity contribution in [1.29, 1.82) is 0 Å². The Hall–Kier alpha value is -3.40. The number of ether oxygens (including phenoxy) is 1. The van der Waals surface area contributed by atoms with Crippen LogP contribution < -0.4 is 19.7 Å². The second kappa shape index (κ2) is 8.38. The highest BCUT2D eigenvalue weighted by molar-refractivity contribution is 7.90. The number of amides is 2. The third-order valence-corrected chi connectivity index (χ3v) is 6.36. The summed E-state index contributed by atoms with van der Waals surface area (Å²) in [5.41, 5.74) is 0.908. The van der Waals surface area contributed by atoms with E-state index >= 15 is 0 Å². The Morgan fingerprint density at radius 2 is 1.97 bits per heavy atom. The number of hydrogen-bond acceptors (Lipinski definition) is 6. The molecule has 0 radical (unpaired) electrons. The number of para-hydroxylation sites is 2. The zero-order chi connectivity index (χ0) is 22.0. The van der Waals surface area contributed by atoms with Crippen molar-refractivity contribution in [3.63, 3.8) is 0 Å². The first-order valence-electron chi connectivity index (χ1n) is 9.84. The molecule has 9 nitrogen and oxygen atoms in total. The highest BCUT2D eigenvalue weighted by atomic mass is 32.2. The lowest BCUT2D eigenvalue weighted by Gasteiger charge is -2.33. The minimum absolute atomic E-state index is 0.0140. The number of sulfonamides is 1. The summed E-state index contributed by atoms with van der Waals surface area (Å²) in [4.78, 5) is 30.5. The number of carbonyl (C=O) groups is 2. The Balaban J connectivity index is 1.50. The largest absolute Gasteiger partial charge is 0.476 e. The Kier molecular flexibility index (Phi) is 5.64. The molecule has 2 aliphatic rings. The average molecular weight is 442 g/mol. The molecule has 0 unspecified atom stereocenters. The van der Waals surface area contributed by atoms with Gasteiger partial charge in [-0.3, -0.25) is 19.3 Å². The molecule has 162 valence electrons. The highest BCUT2D eigenvalue weighted by Crippen LogP contribution is 2.33. The first-order chi connectivity index (χ1) is 14.8. The van der Waals surface area contributed by atoms with Crippen LogP contribution in [0.1, 0.15) is 19.8 Å². The number of carbonyl (C=O) groups excluding carboxylic acids is 2. The number of nitrogens with one attached hydrogen (secondary N) is 2. The van der Waals surface area contributed by atoms with Crippen molar-refractivity contribution >= 4 is 39.0 Å². The predicted octanol–water partition coefficient (Wildman–Crippen LogP) is 1.91. The summed E-state index contributed by atoms with van der Waals surface area (Å²) in [6.45, 7) is 2.08. The van der Waals surface area contributed by atoms with Crippen LogP contribution in [0, 0.1) is 0 Å². The topological polar surface area (TPSA) is 117 Å². The van der Waals surface area contributed by atoms with E-state index in [0.717, 1.165) is 6.42 Å². The van der Waals surface area contributed by atoms with Crippen molar-refractivity contribution in [3.8, 4) is 5.75 Å². The van der Waals surface area contributed by atoms with Crippen LogP contribution in [-0.4, -0.2) is 45.3 Å². The number of anilines is 2. The molecule has 2 heterocycles. The summed E-state index contributed by atoms with van der Waals surface area (Å²) >= 11 is 0. The Labute approximate surface area is 180 Å². The smallest absolute Gasteiger partial charge is 0.267 e. The van der Waals surface area contributed by atoms with E-state index in [2.05, 4.69) is 15.0 Å². The standard InChI is InChI=1S/C21H22N4O5S/c1-14(26)25-13-19(30-18-9-3-2-8-17(18)25)21(27)23-15-6-4-7-16(12-15)31(28,29)24-20-10-5-11-22-20/h2-4,6-9,12,19H,5,10-11,13H2,1H3,(H,22,24)(H,23,27)/t19-/m1/s1. The van der Waals surface area contributed by atoms with Crippen molar-refractivity contribution in [2.24, 2.45) is 4.99 Å². The molecule has 0 bridgehead atoms. The monoisotopic (exact) mass is 442 g/mol. The van der Waals surface area contributed by atoms with Crippen LogP contribution in [-0.2, 0) is 19.6 Å². The van der Waals surface area contributed by atoms with Gasteiger partial charge in [-0.15, -0.1) is 0 Å². The zero-order valence-corrected chi connectivity index (χ0v) is 17.7. The van der Waals surface area contributed by atoms with Gasteiger partial charge in [0.1, 0.15) is 11.6 Å². The molecule has 2 N–H and O–H groups in total. The maximum atomic E-state index is 12.8. The zero-order valence-electron chi connectivity index (χ0n) is 16.9. The second-order valence-corrected chi connectivity index (χ2v) is 8.94. The number of rotatable bonds is 4. The van der Waals surface area contributed by atoms with E-state index in [1.807, 2.05) is 0 Å². The van der Waals surface area contributed by atoms with E-state index in [4.69, 9.17) is 4.74 Å². The number of aliphatic imine (C=N–C) groups is 1. The van der Waals surface area contributed by atoms with Crippen molar-refractivity contribution < 1.29 is 22.7 Å². The number of fused-ring (bicyclic) bond motifs is 1. The minimum atomic E-state index is -3.80. The fourth-order valence-corrected chi connectivity index (χ4v) is 4.60. The molecule has 0 saturated carbocycles. The van der Waals surface area contributed by atoms with Gasteiger partial charge >= 0.3 is 0 Å². The molecule has 0 fully saturated rings. The predicted molar refractivity (Wildman–Crippen MR) is 116 cm³/mol. The van der Waals surface area contributed by atoms with Crippen LogP contribution in [0.2, 0.25) is 0 Å². The highest BCUT2D eigenvalue weighted by Gasteiger charge is 2.32. The Morgan fingerprint density at radius 3 is 2.71 bits per heavy atom. The molecule has 2 aliphatic heterocycles. The molecule has 1 atom stereocenters. The lowest BCUT2D eigenvalue weighted by Crippen LogP contribution is -2.48. The number of hydrogen-bond donors (Lipinski definition) is 2. The van der Waals surface area contributed by atoms with E-state index in [1.165, 1.54) is 24.0 Å². The van der Waals surface area contributed by atoms with Gasteiger partial charge in [-0.05, 0) is 36.8 Å². The third kappa shape index (κ3) is 4.53. The maximum Gasteiger partial charge on any atom is 0.267 e. The number of amidine groups is 1. The molecule has 4 rings (SSSR count). The average Bonchev–Trinajstić information content (AvgIpc) is 3.25. The van der Waals surface area contributed by atoms with Gasteiger partial charge in [-0.25, -0.2) is 8.42 Å². The van der Waals surface area contributed by atoms with Crippen molar-refractivity contribution in [1.82, 2.24) is 4.72 Å². The molecular weight excluding hydrogens is 420 g/mol. The van der Waals surface area contributed by atoms with Crippen LogP contribution in [0.5, 0.6) is 5.75 Å². The van der Waals surface area contributed by atoms with E-state index in [9.17, 15) is 18.0 Å². The summed E-state index contributed by atoms with van der Waals surface area (Å²) in [5.74, 6) is 0.181. The number of benzene rings is 2. The fraction of sp³-hybridized carbons (Fsp3) is 0.286. The Morgan fingerprint density at radius 1 is 1.16 bits per heavy atom. The van der Waals surface area contributed by atoms with Crippen LogP contribution in [0.25, 0.3) is 0 Å². The van der Waals surface area contributed by atoms with Gasteiger partial charge in [0, 0.05) is 25.6 Å². The molecule has 10 heteroatoms. The molecule has 31 heavy (non-hydrogen) atoms. The van der Waals surface area contributed by atoms with Crippen molar-refractivity contribution in [2.45, 2.75) is 30.8 Å². The van der Waals surface area contributed by atoms with Crippen LogP contribution in [0.4, 0.5) is 11.4 Å². The lowest BCUT2D eigenvalue weighted by atomic mass is 10.1.